The number of hydrogen-bond donors (Lipinski definition) is 2. The highest BCUT2D eigenvalue weighted by molar-refractivity contribution is 6.31. The largest absolute Gasteiger partial charge is 0.504 e. The molecule has 0 bridgehead atoms. The smallest absolute Gasteiger partial charge is 0.231 e. The van der Waals surface area contributed by atoms with Crippen LogP contribution in [0.25, 0.3) is 5.57 Å². The van der Waals surface area contributed by atoms with Gasteiger partial charge in [0.1, 0.15) is 0 Å². The van der Waals surface area contributed by atoms with Crippen LogP contribution in [-0.2, 0) is 24.6 Å². The summed E-state index contributed by atoms with van der Waals surface area (Å²) in [6.45, 7) is 2.15. The molecule has 0 unspecified atom stereocenters. The zero-order valence-corrected chi connectivity index (χ0v) is 23.7. The Morgan fingerprint density at radius 1 is 0.884 bits per heavy atom. The second-order valence-electron chi connectivity index (χ2n) is 11.8. The molecule has 3 aliphatic carbocycles. The molecule has 1 aliphatic heterocycles. The first-order valence-electron chi connectivity index (χ1n) is 14.8. The standard InChI is InChI=1S/C36H31NO6/c1-2-43-28-15-9-14-24(33(28)40)31-22-16-17-23-30(35(42)37-34(23)41)26(22)18-27-32(39)25(20-10-5-3-6-11-20)19-29(38)36(27,31)21-12-7-4-8-13-21/h3-16,19,23,26-27,30-31,40H,2,17-18H2,1H3,(H,37,41,42)/t23-,26+,27-,30-,31+,36-/m0/s1. The van der Waals surface area contributed by atoms with E-state index in [1.54, 1.807) is 18.2 Å². The van der Waals surface area contributed by atoms with Gasteiger partial charge in [-0.05, 0) is 49.0 Å². The van der Waals surface area contributed by atoms with Gasteiger partial charge in [0, 0.05) is 23.0 Å². The van der Waals surface area contributed by atoms with Gasteiger partial charge in [-0.15, -0.1) is 0 Å². The number of imide groups is 1. The first-order chi connectivity index (χ1) is 20.9. The fourth-order valence-corrected chi connectivity index (χ4v) is 8.17. The normalized spacial score (nSPS) is 29.6. The number of ether oxygens (including phenoxy) is 1. The molecule has 7 rings (SSSR count). The number of amides is 2. The van der Waals surface area contributed by atoms with Crippen molar-refractivity contribution in [3.8, 4) is 11.5 Å². The second-order valence-corrected chi connectivity index (χ2v) is 11.8. The highest BCUT2D eigenvalue weighted by Crippen LogP contribution is 2.64. The molecule has 2 fully saturated rings. The molecule has 6 atom stereocenters. The summed E-state index contributed by atoms with van der Waals surface area (Å²) in [6, 6.07) is 23.7. The maximum Gasteiger partial charge on any atom is 0.231 e. The average molecular weight is 574 g/mol. The van der Waals surface area contributed by atoms with Gasteiger partial charge in [-0.2, -0.15) is 0 Å². The Kier molecular flexibility index (Phi) is 6.42. The molecular formula is C36H31NO6. The summed E-state index contributed by atoms with van der Waals surface area (Å²) >= 11 is 0. The van der Waals surface area contributed by atoms with Crippen molar-refractivity contribution >= 4 is 29.0 Å². The van der Waals surface area contributed by atoms with Crippen LogP contribution in [0.15, 0.2) is 96.6 Å². The van der Waals surface area contributed by atoms with Crippen molar-refractivity contribution in [3.05, 3.63) is 113 Å². The van der Waals surface area contributed by atoms with Gasteiger partial charge in [0.15, 0.2) is 23.1 Å². The Labute approximate surface area is 249 Å². The molecule has 7 nitrogen and oxygen atoms in total. The van der Waals surface area contributed by atoms with Crippen molar-refractivity contribution in [2.24, 2.45) is 23.7 Å². The van der Waals surface area contributed by atoms with Crippen LogP contribution in [0, 0.1) is 23.7 Å². The maximum absolute atomic E-state index is 14.9. The molecule has 7 heteroatoms. The molecule has 0 spiro atoms. The summed E-state index contributed by atoms with van der Waals surface area (Å²) in [5.41, 5.74) is 1.51. The van der Waals surface area contributed by atoms with Gasteiger partial charge in [0.2, 0.25) is 11.8 Å². The lowest BCUT2D eigenvalue weighted by atomic mass is 9.44. The molecule has 2 N–H and O–H groups in total. The van der Waals surface area contributed by atoms with Crippen LogP contribution < -0.4 is 10.1 Å². The van der Waals surface area contributed by atoms with Crippen LogP contribution >= 0.6 is 0 Å². The van der Waals surface area contributed by atoms with Crippen molar-refractivity contribution in [2.45, 2.75) is 31.1 Å². The number of Topliss-reactive ketones (excluding diaryl/α,β-unsaturated/α-hetero) is 1. The number of aromatic hydroxyl groups is 1. The Balaban J connectivity index is 1.54. The summed E-state index contributed by atoms with van der Waals surface area (Å²) < 4.78 is 5.76. The van der Waals surface area contributed by atoms with E-state index in [9.17, 15) is 24.3 Å². The third-order valence-corrected chi connectivity index (χ3v) is 9.86. The molecule has 1 saturated carbocycles. The number of nitrogens with one attached hydrogen (secondary N) is 1. The minimum absolute atomic E-state index is 0.0999. The van der Waals surface area contributed by atoms with E-state index in [1.165, 1.54) is 6.08 Å². The molecule has 1 saturated heterocycles. The number of allylic oxidation sites excluding steroid dienone is 4. The second kappa shape index (κ2) is 10.2. The lowest BCUT2D eigenvalue weighted by Gasteiger charge is -2.55. The molecule has 2 amide bonds. The van der Waals surface area contributed by atoms with Gasteiger partial charge in [-0.3, -0.25) is 24.5 Å². The van der Waals surface area contributed by atoms with E-state index in [2.05, 4.69) is 5.32 Å². The number of benzene rings is 3. The first-order valence-corrected chi connectivity index (χ1v) is 14.8. The van der Waals surface area contributed by atoms with Crippen molar-refractivity contribution < 1.29 is 29.0 Å². The number of rotatable bonds is 5. The highest BCUT2D eigenvalue weighted by Gasteiger charge is 2.65. The van der Waals surface area contributed by atoms with Crippen LogP contribution in [0.1, 0.15) is 42.4 Å². The molecule has 4 aliphatic rings. The highest BCUT2D eigenvalue weighted by atomic mass is 16.5. The van der Waals surface area contributed by atoms with E-state index in [0.717, 1.165) is 5.57 Å². The van der Waals surface area contributed by atoms with E-state index in [4.69, 9.17) is 4.74 Å². The number of phenols is 1. The van der Waals surface area contributed by atoms with Crippen LogP contribution in [0.2, 0.25) is 0 Å². The summed E-state index contributed by atoms with van der Waals surface area (Å²) in [5, 5.41) is 14.2. The minimum atomic E-state index is -1.40. The third kappa shape index (κ3) is 3.87. The molecule has 3 aromatic rings. The van der Waals surface area contributed by atoms with Crippen LogP contribution in [0.5, 0.6) is 11.5 Å². The molecular weight excluding hydrogens is 542 g/mol. The Hall–Kier alpha value is -4.78. The van der Waals surface area contributed by atoms with Crippen molar-refractivity contribution in [3.63, 3.8) is 0 Å². The summed E-state index contributed by atoms with van der Waals surface area (Å²) in [6.07, 6.45) is 3.99. The summed E-state index contributed by atoms with van der Waals surface area (Å²) in [4.78, 5) is 55.7. The number of phenolic OH excluding ortho intramolecular Hbond substituents is 1. The summed E-state index contributed by atoms with van der Waals surface area (Å²) in [7, 11) is 0. The van der Waals surface area contributed by atoms with Gasteiger partial charge in [-0.25, -0.2) is 0 Å². The first kappa shape index (κ1) is 27.1. The van der Waals surface area contributed by atoms with Crippen LogP contribution in [0.4, 0.5) is 0 Å². The van der Waals surface area contributed by atoms with Gasteiger partial charge < -0.3 is 9.84 Å². The minimum Gasteiger partial charge on any atom is -0.504 e. The number of ketones is 2. The van der Waals surface area contributed by atoms with E-state index >= 15 is 0 Å². The quantitative estimate of drug-likeness (QED) is 0.332. The van der Waals surface area contributed by atoms with Crippen molar-refractivity contribution in [1.82, 2.24) is 5.32 Å². The number of hydrogen-bond acceptors (Lipinski definition) is 6. The summed E-state index contributed by atoms with van der Waals surface area (Å²) in [5.74, 6) is -4.20. The molecule has 0 aromatic heterocycles. The van der Waals surface area contributed by atoms with Crippen LogP contribution in [0.3, 0.4) is 0 Å². The average Bonchev–Trinajstić information content (AvgIpc) is 3.33. The zero-order valence-electron chi connectivity index (χ0n) is 23.7. The van der Waals surface area contributed by atoms with Crippen molar-refractivity contribution in [2.75, 3.05) is 6.61 Å². The lowest BCUT2D eigenvalue weighted by Crippen LogP contribution is -2.58. The van der Waals surface area contributed by atoms with Crippen LogP contribution in [-0.4, -0.2) is 35.1 Å². The van der Waals surface area contributed by atoms with Gasteiger partial charge in [-0.1, -0.05) is 84.4 Å². The van der Waals surface area contributed by atoms with E-state index in [1.807, 2.05) is 73.7 Å². The molecule has 3 aromatic carbocycles. The topological polar surface area (TPSA) is 110 Å². The molecule has 216 valence electrons. The monoisotopic (exact) mass is 573 g/mol. The Morgan fingerprint density at radius 2 is 1.60 bits per heavy atom. The zero-order chi connectivity index (χ0) is 29.9. The van der Waals surface area contributed by atoms with Crippen molar-refractivity contribution in [1.29, 1.82) is 0 Å². The van der Waals surface area contributed by atoms with E-state index in [0.29, 0.717) is 35.3 Å². The van der Waals surface area contributed by atoms with Gasteiger partial charge in [0.25, 0.3) is 0 Å². The van der Waals surface area contributed by atoms with E-state index in [-0.39, 0.29) is 41.3 Å². The number of carbonyl (C=O) groups is 4. The molecule has 43 heavy (non-hydrogen) atoms. The number of para-hydroxylation sites is 1. The fraction of sp³-hybridized carbons (Fsp3) is 0.278. The van der Waals surface area contributed by atoms with E-state index < -0.39 is 35.0 Å². The Morgan fingerprint density at radius 3 is 2.33 bits per heavy atom. The maximum atomic E-state index is 14.9. The predicted molar refractivity (Wildman–Crippen MR) is 159 cm³/mol. The molecule has 1 heterocycles. The van der Waals surface area contributed by atoms with Gasteiger partial charge >= 0.3 is 0 Å². The van der Waals surface area contributed by atoms with Gasteiger partial charge in [0.05, 0.1) is 23.9 Å². The molecule has 0 radical (unpaired) electrons. The SMILES string of the molecule is CCOc1cccc([C@H]2C3=CC[C@@H]4C(=O)NC(=O)[C@@H]4[C@@H]3C[C@H]3C(=O)C(c4ccccc4)=CC(=O)[C@@]23c2ccccc2)c1O. The Bertz CT molecular complexity index is 1720. The number of fused-ring (bicyclic) bond motifs is 4. The third-order valence-electron chi connectivity index (χ3n) is 9.86. The fourth-order valence-electron chi connectivity index (χ4n) is 8.17. The number of carbonyl (C=O) groups excluding carboxylic acids is 4. The predicted octanol–water partition coefficient (Wildman–Crippen LogP) is 4.90. The lowest BCUT2D eigenvalue weighted by molar-refractivity contribution is -0.135.